The number of alkyl halides is 1. The van der Waals surface area contributed by atoms with Crippen LogP contribution in [-0.2, 0) is 4.79 Å². The second kappa shape index (κ2) is 5.05. The molecule has 1 aliphatic carbocycles. The highest BCUT2D eigenvalue weighted by atomic mass is 79.9. The lowest BCUT2D eigenvalue weighted by molar-refractivity contribution is -0.529. The Labute approximate surface area is 120 Å². The van der Waals surface area contributed by atoms with E-state index in [9.17, 15) is 14.9 Å². The third-order valence-corrected chi connectivity index (χ3v) is 4.52. The molecule has 0 aliphatic heterocycles. The van der Waals surface area contributed by atoms with E-state index in [1.54, 1.807) is 39.8 Å². The molecule has 0 aromatic heterocycles. The average molecular weight is 332 g/mol. The van der Waals surface area contributed by atoms with Crippen LogP contribution in [-0.4, -0.2) is 25.8 Å². The molecule has 0 saturated carbocycles. The predicted molar refractivity (Wildman–Crippen MR) is 75.8 cm³/mol. The molecule has 0 radical (unpaired) electrons. The zero-order chi connectivity index (χ0) is 15.0. The topological polar surface area (TPSA) is 89.5 Å². The van der Waals surface area contributed by atoms with Crippen molar-refractivity contribution in [2.45, 2.75) is 37.7 Å². The number of carbonyl (C=O) groups excluding carboxylic acids is 1. The van der Waals surface area contributed by atoms with Gasteiger partial charge in [0.2, 0.25) is 0 Å². The number of hydrazine groups is 1. The third-order valence-electron chi connectivity index (χ3n) is 3.11. The van der Waals surface area contributed by atoms with E-state index in [1.165, 1.54) is 6.08 Å². The number of halogens is 1. The third kappa shape index (κ3) is 2.71. The minimum Gasteiger partial charge on any atom is -0.275 e. The van der Waals surface area contributed by atoms with E-state index in [2.05, 4.69) is 15.9 Å². The van der Waals surface area contributed by atoms with Gasteiger partial charge in [0, 0.05) is 26.4 Å². The maximum Gasteiger partial charge on any atom is 0.310 e. The summed E-state index contributed by atoms with van der Waals surface area (Å²) in [5.41, 5.74) is -0.148. The highest BCUT2D eigenvalue weighted by Crippen LogP contribution is 2.40. The van der Waals surface area contributed by atoms with E-state index in [1.807, 2.05) is 0 Å². The molecule has 0 saturated heterocycles. The fourth-order valence-electron chi connectivity index (χ4n) is 1.78. The summed E-state index contributed by atoms with van der Waals surface area (Å²) in [4.78, 5) is 23.2. The Morgan fingerprint density at radius 3 is 2.53 bits per heavy atom. The largest absolute Gasteiger partial charge is 0.310 e. The minimum absolute atomic E-state index is 0.459. The van der Waals surface area contributed by atoms with Crippen LogP contribution in [0.2, 0.25) is 0 Å². The first-order valence-electron chi connectivity index (χ1n) is 5.80. The lowest BCUT2D eigenvalue weighted by atomic mass is 9.87. The molecule has 19 heavy (non-hydrogen) atoms. The van der Waals surface area contributed by atoms with Crippen molar-refractivity contribution < 1.29 is 9.72 Å². The first kappa shape index (κ1) is 15.8. The van der Waals surface area contributed by atoms with E-state index in [0.29, 0.717) is 5.57 Å². The Morgan fingerprint density at radius 2 is 2.11 bits per heavy atom. The number of amides is 1. The monoisotopic (exact) mass is 331 g/mol. The molecule has 7 heteroatoms. The lowest BCUT2D eigenvalue weighted by Gasteiger charge is -2.36. The fraction of sp³-hybridized carbons (Fsp3) is 0.583. The SMILES string of the molecule is CC1=CC=CC(C(=O)N(N)C(C)(C)C)C1(Br)[N+](=O)[O-]. The van der Waals surface area contributed by atoms with E-state index in [-0.39, 0.29) is 0 Å². The number of allylic oxidation sites excluding steroid dienone is 2. The molecule has 2 atom stereocenters. The Morgan fingerprint density at radius 1 is 1.58 bits per heavy atom. The van der Waals surface area contributed by atoms with Crippen molar-refractivity contribution in [3.63, 3.8) is 0 Å². The predicted octanol–water partition coefficient (Wildman–Crippen LogP) is 1.99. The van der Waals surface area contributed by atoms with Crippen LogP contribution in [0.25, 0.3) is 0 Å². The normalized spacial score (nSPS) is 26.8. The Hall–Kier alpha value is -1.21. The van der Waals surface area contributed by atoms with Gasteiger partial charge in [-0.1, -0.05) is 18.2 Å². The van der Waals surface area contributed by atoms with Gasteiger partial charge in [-0.05, 0) is 27.7 Å². The maximum absolute atomic E-state index is 12.4. The van der Waals surface area contributed by atoms with Gasteiger partial charge < -0.3 is 0 Å². The van der Waals surface area contributed by atoms with Crippen LogP contribution < -0.4 is 5.84 Å². The summed E-state index contributed by atoms with van der Waals surface area (Å²) in [6.45, 7) is 6.91. The minimum atomic E-state index is -1.64. The summed E-state index contributed by atoms with van der Waals surface area (Å²) in [5, 5.41) is 12.4. The van der Waals surface area contributed by atoms with Crippen molar-refractivity contribution in [3.05, 3.63) is 33.9 Å². The molecule has 0 bridgehead atoms. The molecule has 0 aromatic rings. The second-order valence-corrected chi connectivity index (χ2v) is 6.73. The van der Waals surface area contributed by atoms with Crippen LogP contribution in [0.1, 0.15) is 27.7 Å². The first-order valence-corrected chi connectivity index (χ1v) is 6.60. The van der Waals surface area contributed by atoms with Crippen LogP contribution in [0.3, 0.4) is 0 Å². The molecule has 2 unspecified atom stereocenters. The molecule has 106 valence electrons. The van der Waals surface area contributed by atoms with Crippen LogP contribution in [0.15, 0.2) is 23.8 Å². The van der Waals surface area contributed by atoms with Gasteiger partial charge in [0.05, 0.1) is 5.54 Å². The van der Waals surface area contributed by atoms with Gasteiger partial charge in [-0.25, -0.2) is 5.84 Å². The van der Waals surface area contributed by atoms with Gasteiger partial charge in [-0.3, -0.25) is 19.9 Å². The van der Waals surface area contributed by atoms with E-state index in [4.69, 9.17) is 5.84 Å². The summed E-state index contributed by atoms with van der Waals surface area (Å²) >= 11 is 3.11. The van der Waals surface area contributed by atoms with E-state index < -0.39 is 26.7 Å². The molecule has 6 nitrogen and oxygen atoms in total. The zero-order valence-corrected chi connectivity index (χ0v) is 13.0. The fourth-order valence-corrected chi connectivity index (χ4v) is 2.27. The highest BCUT2D eigenvalue weighted by Gasteiger charge is 2.54. The maximum atomic E-state index is 12.4. The van der Waals surface area contributed by atoms with Crippen molar-refractivity contribution in [2.75, 3.05) is 0 Å². The van der Waals surface area contributed by atoms with Crippen LogP contribution in [0, 0.1) is 16.0 Å². The standard InChI is InChI=1S/C12H18BrN3O3/c1-8-6-5-7-9(12(8,13)16(18)19)10(17)15(14)11(2,3)4/h5-7,9H,14H2,1-4H3. The summed E-state index contributed by atoms with van der Waals surface area (Å²) in [7, 11) is 0. The molecule has 2 N–H and O–H groups in total. The highest BCUT2D eigenvalue weighted by molar-refractivity contribution is 9.10. The molecule has 1 aliphatic rings. The molecule has 1 rings (SSSR count). The van der Waals surface area contributed by atoms with Crippen molar-refractivity contribution in [1.82, 2.24) is 5.01 Å². The summed E-state index contributed by atoms with van der Waals surface area (Å²) in [6.07, 6.45) is 4.75. The van der Waals surface area contributed by atoms with E-state index in [0.717, 1.165) is 5.01 Å². The van der Waals surface area contributed by atoms with Gasteiger partial charge in [0.25, 0.3) is 5.91 Å². The molecular weight excluding hydrogens is 314 g/mol. The smallest absolute Gasteiger partial charge is 0.275 e. The second-order valence-electron chi connectivity index (χ2n) is 5.52. The van der Waals surface area contributed by atoms with Gasteiger partial charge in [0.1, 0.15) is 5.92 Å². The van der Waals surface area contributed by atoms with Crippen LogP contribution in [0.4, 0.5) is 0 Å². The molecule has 0 fully saturated rings. The number of hydrogen-bond donors (Lipinski definition) is 1. The molecule has 1 amide bonds. The number of hydrogen-bond acceptors (Lipinski definition) is 4. The summed E-state index contributed by atoms with van der Waals surface area (Å²) < 4.78 is -1.64. The number of rotatable bonds is 2. The lowest BCUT2D eigenvalue weighted by Crippen LogP contribution is -2.57. The van der Waals surface area contributed by atoms with Crippen molar-refractivity contribution in [3.8, 4) is 0 Å². The molecule has 0 aromatic carbocycles. The molecule has 0 heterocycles. The van der Waals surface area contributed by atoms with Gasteiger partial charge in [-0.2, -0.15) is 0 Å². The van der Waals surface area contributed by atoms with Crippen molar-refractivity contribution >= 4 is 21.8 Å². The first-order chi connectivity index (χ1) is 8.52. The summed E-state index contributed by atoms with van der Waals surface area (Å²) in [6, 6.07) is 0. The van der Waals surface area contributed by atoms with E-state index >= 15 is 0 Å². The Balaban J connectivity index is 3.19. The Kier molecular flexibility index (Phi) is 4.21. The molecular formula is C12H18BrN3O3. The zero-order valence-electron chi connectivity index (χ0n) is 11.4. The molecule has 0 spiro atoms. The van der Waals surface area contributed by atoms with Crippen LogP contribution in [0.5, 0.6) is 0 Å². The average Bonchev–Trinajstić information content (AvgIpc) is 2.29. The number of nitro groups is 1. The van der Waals surface area contributed by atoms with Gasteiger partial charge >= 0.3 is 4.45 Å². The Bertz CT molecular complexity index is 467. The van der Waals surface area contributed by atoms with Gasteiger partial charge in [0.15, 0.2) is 0 Å². The number of carbonyl (C=O) groups is 1. The van der Waals surface area contributed by atoms with Crippen LogP contribution >= 0.6 is 15.9 Å². The van der Waals surface area contributed by atoms with Crippen molar-refractivity contribution in [1.29, 1.82) is 0 Å². The number of nitrogens with zero attached hydrogens (tertiary/aromatic N) is 2. The number of nitrogens with two attached hydrogens (primary N) is 1. The van der Waals surface area contributed by atoms with Gasteiger partial charge in [-0.15, -0.1) is 0 Å². The van der Waals surface area contributed by atoms with Crippen molar-refractivity contribution in [2.24, 2.45) is 11.8 Å². The summed E-state index contributed by atoms with van der Waals surface area (Å²) in [5.74, 6) is 4.31. The quantitative estimate of drug-likeness (QED) is 0.209.